The van der Waals surface area contributed by atoms with E-state index in [4.69, 9.17) is 9.47 Å². The van der Waals surface area contributed by atoms with Gasteiger partial charge < -0.3 is 24.8 Å². The second kappa shape index (κ2) is 14.9. The van der Waals surface area contributed by atoms with E-state index in [2.05, 4.69) is 39.4 Å². The second-order valence-electron chi connectivity index (χ2n) is 12.1. The molecule has 0 bridgehead atoms. The highest BCUT2D eigenvalue weighted by molar-refractivity contribution is 5.73. The van der Waals surface area contributed by atoms with Crippen LogP contribution in [-0.4, -0.2) is 59.7 Å². The molecule has 2 saturated heterocycles. The molecule has 0 aromatic heterocycles. The number of non-ortho nitro benzene ring substituents is 1. The summed E-state index contributed by atoms with van der Waals surface area (Å²) < 4.78 is 13.3. The minimum Gasteiger partial charge on any atom is -0.392 e. The first-order chi connectivity index (χ1) is 22.8. The van der Waals surface area contributed by atoms with Gasteiger partial charge in [0.25, 0.3) is 5.69 Å². The van der Waals surface area contributed by atoms with Crippen molar-refractivity contribution in [2.75, 3.05) is 37.6 Å². The molecule has 2 heterocycles. The molecule has 4 aromatic rings. The van der Waals surface area contributed by atoms with E-state index in [1.165, 1.54) is 6.92 Å². The van der Waals surface area contributed by atoms with Gasteiger partial charge in [0.2, 0.25) is 5.91 Å². The molecule has 0 spiro atoms. The first-order valence-electron chi connectivity index (χ1n) is 16.0. The van der Waals surface area contributed by atoms with Crippen molar-refractivity contribution in [3.63, 3.8) is 0 Å². The summed E-state index contributed by atoms with van der Waals surface area (Å²) in [6, 6.07) is 31.0. The van der Waals surface area contributed by atoms with Crippen molar-refractivity contribution in [3.05, 3.63) is 129 Å². The minimum atomic E-state index is -0.569. The van der Waals surface area contributed by atoms with Crippen LogP contribution in [0.4, 0.5) is 11.4 Å². The van der Waals surface area contributed by atoms with Gasteiger partial charge in [-0.05, 0) is 52.1 Å². The summed E-state index contributed by atoms with van der Waals surface area (Å²) in [5, 5.41) is 23.5. The number of rotatable bonds is 10. The van der Waals surface area contributed by atoms with Gasteiger partial charge in [-0.3, -0.25) is 19.8 Å². The summed E-state index contributed by atoms with van der Waals surface area (Å²) in [5.41, 5.74) is 7.02. The van der Waals surface area contributed by atoms with E-state index in [0.29, 0.717) is 13.0 Å². The Labute approximate surface area is 274 Å². The number of piperazine rings is 1. The molecule has 4 aromatic carbocycles. The number of benzene rings is 4. The Morgan fingerprint density at radius 3 is 2.26 bits per heavy atom. The van der Waals surface area contributed by atoms with Crippen LogP contribution in [0.3, 0.4) is 0 Å². The number of hydrogen-bond donors (Lipinski definition) is 2. The average molecular weight is 637 g/mol. The van der Waals surface area contributed by atoms with E-state index >= 15 is 0 Å². The highest BCUT2D eigenvalue weighted by Crippen LogP contribution is 2.39. The number of carbonyl (C=O) groups is 1. The predicted octanol–water partition coefficient (Wildman–Crippen LogP) is 5.76. The number of ether oxygens (including phenoxy) is 2. The van der Waals surface area contributed by atoms with Gasteiger partial charge in [0.05, 0.1) is 23.7 Å². The number of nitrogens with zero attached hydrogens (tertiary/aromatic N) is 3. The highest BCUT2D eigenvalue weighted by Gasteiger charge is 2.34. The number of nitro benzene ring substituents is 1. The maximum atomic E-state index is 11.4. The first-order valence-corrected chi connectivity index (χ1v) is 16.0. The fourth-order valence-electron chi connectivity index (χ4n) is 6.25. The van der Waals surface area contributed by atoms with E-state index in [-0.39, 0.29) is 35.3 Å². The lowest BCUT2D eigenvalue weighted by Gasteiger charge is -2.41. The quantitative estimate of drug-likeness (QED) is 0.167. The molecule has 0 aliphatic carbocycles. The second-order valence-corrected chi connectivity index (χ2v) is 12.1. The zero-order chi connectivity index (χ0) is 32.8. The molecule has 2 aliphatic rings. The summed E-state index contributed by atoms with van der Waals surface area (Å²) >= 11 is 0. The van der Waals surface area contributed by atoms with Gasteiger partial charge in [0.1, 0.15) is 0 Å². The van der Waals surface area contributed by atoms with Crippen molar-refractivity contribution in [2.24, 2.45) is 0 Å². The third-order valence-corrected chi connectivity index (χ3v) is 8.84. The molecule has 10 heteroatoms. The Balaban J connectivity index is 1.17. The van der Waals surface area contributed by atoms with Gasteiger partial charge >= 0.3 is 0 Å². The zero-order valence-electron chi connectivity index (χ0n) is 26.5. The molecule has 2 N–H and O–H groups in total. The highest BCUT2D eigenvalue weighted by atomic mass is 16.7. The number of nitrogens with one attached hydrogen (secondary N) is 1. The lowest BCUT2D eigenvalue weighted by molar-refractivity contribution is -0.384. The Kier molecular flexibility index (Phi) is 10.2. The zero-order valence-corrected chi connectivity index (χ0v) is 26.5. The summed E-state index contributed by atoms with van der Waals surface area (Å²) in [5.74, 6) is -0.0644. The Hall–Kier alpha value is -4.61. The maximum Gasteiger partial charge on any atom is 0.269 e. The molecule has 0 saturated carbocycles. The van der Waals surface area contributed by atoms with Crippen molar-refractivity contribution in [2.45, 2.75) is 45.0 Å². The van der Waals surface area contributed by atoms with Gasteiger partial charge in [0, 0.05) is 76.0 Å². The van der Waals surface area contributed by atoms with Crippen molar-refractivity contribution in [1.82, 2.24) is 10.2 Å². The van der Waals surface area contributed by atoms with Crippen LogP contribution in [0.1, 0.15) is 48.0 Å². The number of aliphatic hydroxyl groups excluding tert-OH is 1. The van der Waals surface area contributed by atoms with Crippen molar-refractivity contribution in [1.29, 1.82) is 0 Å². The van der Waals surface area contributed by atoms with Gasteiger partial charge in [-0.25, -0.2) is 0 Å². The van der Waals surface area contributed by atoms with Gasteiger partial charge in [-0.1, -0.05) is 60.7 Å². The molecular weight excluding hydrogens is 596 g/mol. The third-order valence-electron chi connectivity index (χ3n) is 8.84. The predicted molar refractivity (Wildman–Crippen MR) is 180 cm³/mol. The monoisotopic (exact) mass is 636 g/mol. The molecule has 47 heavy (non-hydrogen) atoms. The van der Waals surface area contributed by atoms with Crippen LogP contribution in [0.2, 0.25) is 0 Å². The van der Waals surface area contributed by atoms with Crippen molar-refractivity contribution < 1.29 is 24.3 Å². The lowest BCUT2D eigenvalue weighted by atomic mass is 9.98. The van der Waals surface area contributed by atoms with Crippen LogP contribution in [0, 0.1) is 10.1 Å². The van der Waals surface area contributed by atoms with E-state index in [1.807, 2.05) is 60.7 Å². The number of amides is 1. The Morgan fingerprint density at radius 2 is 1.57 bits per heavy atom. The van der Waals surface area contributed by atoms with E-state index in [9.17, 15) is 20.0 Å². The maximum absolute atomic E-state index is 11.4. The van der Waals surface area contributed by atoms with E-state index < -0.39 is 6.29 Å². The summed E-state index contributed by atoms with van der Waals surface area (Å²) in [7, 11) is 0. The number of anilines is 1. The van der Waals surface area contributed by atoms with Crippen LogP contribution in [0.15, 0.2) is 97.1 Å². The van der Waals surface area contributed by atoms with Crippen LogP contribution < -0.4 is 10.2 Å². The molecular formula is C37H40N4O6. The minimum absolute atomic E-state index is 0.00910. The number of aliphatic hydroxyl groups is 1. The molecule has 2 aliphatic heterocycles. The Bertz CT molecular complexity index is 1670. The summed E-state index contributed by atoms with van der Waals surface area (Å²) in [6.45, 7) is 6.07. The smallest absolute Gasteiger partial charge is 0.269 e. The molecule has 0 radical (unpaired) electrons. The normalized spacial score (nSPS) is 20.1. The number of nitro groups is 1. The first kappa shape index (κ1) is 32.3. The Morgan fingerprint density at radius 1 is 0.872 bits per heavy atom. The largest absolute Gasteiger partial charge is 0.392 e. The lowest BCUT2D eigenvalue weighted by Crippen LogP contribution is -2.49. The standard InChI is InChI=1S/C37H40N4O6/c1-26(43)38-23-28-4-2-5-30(20-28)31-6-3-7-32(21-31)37-46-35(22-36(47-37)29-10-8-27(25-42)9-11-29)24-39-16-18-40(19-17-39)33-12-14-34(15-13-33)41(44)45/h2-15,20-21,35-37,42H,16-19,22-25H2,1H3,(H,38,43)/t35-,36+,37+/m1/s1. The number of hydrogen-bond acceptors (Lipinski definition) is 8. The van der Waals surface area contributed by atoms with Crippen LogP contribution in [0.5, 0.6) is 0 Å². The molecule has 3 atom stereocenters. The van der Waals surface area contributed by atoms with Crippen molar-refractivity contribution >= 4 is 17.3 Å². The number of carbonyl (C=O) groups excluding carboxylic acids is 1. The summed E-state index contributed by atoms with van der Waals surface area (Å²) in [6.07, 6.45) is -0.132. The molecule has 0 unspecified atom stereocenters. The molecule has 2 fully saturated rings. The summed E-state index contributed by atoms with van der Waals surface area (Å²) in [4.78, 5) is 26.8. The van der Waals surface area contributed by atoms with Gasteiger partial charge in [0.15, 0.2) is 6.29 Å². The van der Waals surface area contributed by atoms with Crippen LogP contribution >= 0.6 is 0 Å². The van der Waals surface area contributed by atoms with Gasteiger partial charge in [-0.15, -0.1) is 0 Å². The molecule has 6 rings (SSSR count). The molecule has 1 amide bonds. The van der Waals surface area contributed by atoms with E-state index in [1.54, 1.807) is 12.1 Å². The topological polar surface area (TPSA) is 117 Å². The van der Waals surface area contributed by atoms with Crippen molar-refractivity contribution in [3.8, 4) is 11.1 Å². The average Bonchev–Trinajstić information content (AvgIpc) is 3.11. The van der Waals surface area contributed by atoms with E-state index in [0.717, 1.165) is 71.8 Å². The van der Waals surface area contributed by atoms with Gasteiger partial charge in [-0.2, -0.15) is 0 Å². The van der Waals surface area contributed by atoms with Crippen LogP contribution in [-0.2, 0) is 27.4 Å². The van der Waals surface area contributed by atoms with Crippen LogP contribution in [0.25, 0.3) is 11.1 Å². The molecule has 244 valence electrons. The fourth-order valence-corrected chi connectivity index (χ4v) is 6.25. The molecule has 10 nitrogen and oxygen atoms in total. The fraction of sp³-hybridized carbons (Fsp3) is 0.324. The third kappa shape index (κ3) is 8.22. The SMILES string of the molecule is CC(=O)NCc1cccc(-c2cccc([C@H]3O[C@@H](CN4CCN(c5ccc([N+](=O)[O-])cc5)CC4)C[C@@H](c4ccc(CO)cc4)O3)c2)c1.